The summed E-state index contributed by atoms with van der Waals surface area (Å²) < 4.78 is 9.87. The molecule has 0 heterocycles. The zero-order chi connectivity index (χ0) is 14.3. The van der Waals surface area contributed by atoms with E-state index < -0.39 is 17.9 Å². The van der Waals surface area contributed by atoms with Gasteiger partial charge in [0.2, 0.25) is 0 Å². The number of ether oxygens (including phenoxy) is 2. The van der Waals surface area contributed by atoms with Crippen LogP contribution in [0.5, 0.6) is 5.75 Å². The first-order chi connectivity index (χ1) is 9.10. The molecule has 0 aromatic heterocycles. The van der Waals surface area contributed by atoms with Gasteiger partial charge >= 0.3 is 5.97 Å². The van der Waals surface area contributed by atoms with Crippen molar-refractivity contribution in [2.45, 2.75) is 12.5 Å². The number of hydrogen-bond donors (Lipinski definition) is 2. The van der Waals surface area contributed by atoms with Crippen LogP contribution in [0.25, 0.3) is 0 Å². The maximum atomic E-state index is 12.0. The van der Waals surface area contributed by atoms with Crippen molar-refractivity contribution in [1.82, 2.24) is 5.32 Å². The predicted molar refractivity (Wildman–Crippen MR) is 68.4 cm³/mol. The first-order valence-electron chi connectivity index (χ1n) is 5.75. The van der Waals surface area contributed by atoms with Crippen molar-refractivity contribution in [2.24, 2.45) is 0 Å². The molecule has 1 atom stereocenters. The first-order valence-corrected chi connectivity index (χ1v) is 5.75. The molecule has 104 valence electrons. The topological polar surface area (TPSA) is 84.9 Å². The van der Waals surface area contributed by atoms with Crippen LogP contribution in [0.3, 0.4) is 0 Å². The second-order valence-corrected chi connectivity index (χ2v) is 3.85. The summed E-state index contributed by atoms with van der Waals surface area (Å²) in [5.74, 6) is -1.18. The van der Waals surface area contributed by atoms with Gasteiger partial charge in [-0.3, -0.25) is 4.79 Å². The quantitative estimate of drug-likeness (QED) is 0.767. The van der Waals surface area contributed by atoms with Crippen LogP contribution < -0.4 is 10.1 Å². The Bertz CT molecular complexity index is 446. The Morgan fingerprint density at radius 3 is 2.58 bits per heavy atom. The molecular weight excluding hydrogens is 250 g/mol. The molecule has 1 aromatic rings. The summed E-state index contributed by atoms with van der Waals surface area (Å²) in [6.45, 7) is 0.253. The maximum Gasteiger partial charge on any atom is 0.326 e. The third-order valence-electron chi connectivity index (χ3n) is 2.57. The number of nitrogens with one attached hydrogen (secondary N) is 1. The van der Waals surface area contributed by atoms with E-state index in [1.165, 1.54) is 14.2 Å². The molecule has 0 aliphatic carbocycles. The summed E-state index contributed by atoms with van der Waals surface area (Å²) in [4.78, 5) is 23.0. The van der Waals surface area contributed by atoms with E-state index in [0.29, 0.717) is 11.3 Å². The lowest BCUT2D eigenvalue weighted by Gasteiger charge is -2.15. The summed E-state index contributed by atoms with van der Waals surface area (Å²) >= 11 is 0. The summed E-state index contributed by atoms with van der Waals surface area (Å²) in [5.41, 5.74) is 0.300. The summed E-state index contributed by atoms with van der Waals surface area (Å²) in [7, 11) is 2.92. The fourth-order valence-electron chi connectivity index (χ4n) is 1.56. The van der Waals surface area contributed by atoms with Gasteiger partial charge in [0.15, 0.2) is 0 Å². The van der Waals surface area contributed by atoms with E-state index in [0.717, 1.165) is 0 Å². The van der Waals surface area contributed by atoms with Crippen LogP contribution in [0.2, 0.25) is 0 Å². The van der Waals surface area contributed by atoms with E-state index in [2.05, 4.69) is 5.32 Å². The fraction of sp³-hybridized carbons (Fsp3) is 0.385. The highest BCUT2D eigenvalue weighted by atomic mass is 16.5. The van der Waals surface area contributed by atoms with Gasteiger partial charge in [-0.05, 0) is 12.1 Å². The molecule has 1 amide bonds. The molecule has 1 aromatic carbocycles. The second-order valence-electron chi connectivity index (χ2n) is 3.85. The van der Waals surface area contributed by atoms with Gasteiger partial charge < -0.3 is 19.9 Å². The predicted octanol–water partition coefficient (Wildman–Crippen LogP) is 0.915. The molecule has 6 heteroatoms. The summed E-state index contributed by atoms with van der Waals surface area (Å²) in [6, 6.07) is 5.64. The highest BCUT2D eigenvalue weighted by Crippen LogP contribution is 2.17. The number of para-hydroxylation sites is 1. The lowest BCUT2D eigenvalue weighted by molar-refractivity contribution is -0.139. The minimum absolute atomic E-state index is 0.201. The van der Waals surface area contributed by atoms with Gasteiger partial charge in [0, 0.05) is 20.1 Å². The monoisotopic (exact) mass is 267 g/mol. The normalized spacial score (nSPS) is 11.7. The Kier molecular flexibility index (Phi) is 5.81. The van der Waals surface area contributed by atoms with Gasteiger partial charge in [-0.15, -0.1) is 0 Å². The molecule has 0 saturated carbocycles. The van der Waals surface area contributed by atoms with Crippen LogP contribution in [-0.2, 0) is 9.53 Å². The fourth-order valence-corrected chi connectivity index (χ4v) is 1.56. The first kappa shape index (κ1) is 15.0. The van der Waals surface area contributed by atoms with Crippen molar-refractivity contribution in [1.29, 1.82) is 0 Å². The molecule has 2 N–H and O–H groups in total. The van der Waals surface area contributed by atoms with E-state index in [4.69, 9.17) is 14.6 Å². The van der Waals surface area contributed by atoms with Gasteiger partial charge in [0.05, 0.1) is 12.7 Å². The molecule has 19 heavy (non-hydrogen) atoms. The van der Waals surface area contributed by atoms with E-state index >= 15 is 0 Å². The number of carboxylic acid groups (broad SMARTS) is 1. The van der Waals surface area contributed by atoms with Gasteiger partial charge in [-0.1, -0.05) is 12.1 Å². The Balaban J connectivity index is 2.78. The zero-order valence-electron chi connectivity index (χ0n) is 10.9. The van der Waals surface area contributed by atoms with E-state index in [9.17, 15) is 9.59 Å². The Hall–Kier alpha value is -2.08. The molecule has 6 nitrogen and oxygen atoms in total. The molecule has 0 fully saturated rings. The van der Waals surface area contributed by atoms with Crippen LogP contribution in [0.4, 0.5) is 0 Å². The van der Waals surface area contributed by atoms with E-state index in [1.807, 2.05) is 0 Å². The van der Waals surface area contributed by atoms with Crippen molar-refractivity contribution < 1.29 is 24.2 Å². The average molecular weight is 267 g/mol. The highest BCUT2D eigenvalue weighted by Gasteiger charge is 2.21. The molecule has 0 aliphatic heterocycles. The van der Waals surface area contributed by atoms with Crippen LogP contribution in [0.1, 0.15) is 16.8 Å². The SMILES string of the molecule is COCCC(NC(=O)c1ccccc1OC)C(=O)O. The Labute approximate surface area is 111 Å². The standard InChI is InChI=1S/C13H17NO5/c1-18-8-7-10(13(16)17)14-12(15)9-5-3-4-6-11(9)19-2/h3-6,10H,7-8H2,1-2H3,(H,14,15)(H,16,17). The number of amides is 1. The van der Waals surface area contributed by atoms with Crippen LogP contribution >= 0.6 is 0 Å². The van der Waals surface area contributed by atoms with Gasteiger partial charge in [-0.2, -0.15) is 0 Å². The van der Waals surface area contributed by atoms with Crippen molar-refractivity contribution in [2.75, 3.05) is 20.8 Å². The number of carboxylic acids is 1. The van der Waals surface area contributed by atoms with Crippen molar-refractivity contribution >= 4 is 11.9 Å². The molecule has 1 unspecified atom stereocenters. The summed E-state index contributed by atoms with van der Waals surface area (Å²) in [5, 5.41) is 11.5. The molecule has 0 aliphatic rings. The number of methoxy groups -OCH3 is 2. The minimum atomic E-state index is -1.10. The number of hydrogen-bond acceptors (Lipinski definition) is 4. The molecule has 0 radical (unpaired) electrons. The number of carbonyl (C=O) groups is 2. The molecule has 0 bridgehead atoms. The van der Waals surface area contributed by atoms with Crippen molar-refractivity contribution in [3.63, 3.8) is 0 Å². The summed E-state index contributed by atoms with van der Waals surface area (Å²) in [6.07, 6.45) is 0.201. The van der Waals surface area contributed by atoms with Crippen molar-refractivity contribution in [3.8, 4) is 5.75 Å². The van der Waals surface area contributed by atoms with Gasteiger partial charge in [-0.25, -0.2) is 4.79 Å². The number of rotatable bonds is 7. The van der Waals surface area contributed by atoms with Crippen molar-refractivity contribution in [3.05, 3.63) is 29.8 Å². The molecular formula is C13H17NO5. The maximum absolute atomic E-state index is 12.0. The number of aliphatic carboxylic acids is 1. The van der Waals surface area contributed by atoms with E-state index in [1.54, 1.807) is 24.3 Å². The number of carbonyl (C=O) groups excluding carboxylic acids is 1. The highest BCUT2D eigenvalue weighted by molar-refractivity contribution is 5.98. The third-order valence-corrected chi connectivity index (χ3v) is 2.57. The van der Waals surface area contributed by atoms with Crippen LogP contribution in [0, 0.1) is 0 Å². The number of benzene rings is 1. The third kappa shape index (κ3) is 4.26. The lowest BCUT2D eigenvalue weighted by atomic mass is 10.1. The molecule has 0 spiro atoms. The van der Waals surface area contributed by atoms with E-state index in [-0.39, 0.29) is 13.0 Å². The largest absolute Gasteiger partial charge is 0.496 e. The zero-order valence-corrected chi connectivity index (χ0v) is 10.9. The lowest BCUT2D eigenvalue weighted by Crippen LogP contribution is -2.41. The minimum Gasteiger partial charge on any atom is -0.496 e. The average Bonchev–Trinajstić information content (AvgIpc) is 2.42. The van der Waals surface area contributed by atoms with Gasteiger partial charge in [0.25, 0.3) is 5.91 Å². The molecule has 1 rings (SSSR count). The van der Waals surface area contributed by atoms with Crippen LogP contribution in [0.15, 0.2) is 24.3 Å². The Morgan fingerprint density at radius 2 is 2.00 bits per heavy atom. The Morgan fingerprint density at radius 1 is 1.32 bits per heavy atom. The second kappa shape index (κ2) is 7.38. The molecule has 0 saturated heterocycles. The van der Waals surface area contributed by atoms with Gasteiger partial charge in [0.1, 0.15) is 11.8 Å². The smallest absolute Gasteiger partial charge is 0.326 e. The van der Waals surface area contributed by atoms with Crippen LogP contribution in [-0.4, -0.2) is 43.9 Å².